The SMILES string of the molecule is CC(Cc1cc(Cl)ccc1OC1CCC1)C(=O)O. The van der Waals surface area contributed by atoms with E-state index >= 15 is 0 Å². The van der Waals surface area contributed by atoms with Gasteiger partial charge in [-0.25, -0.2) is 0 Å². The molecule has 1 aliphatic rings. The van der Waals surface area contributed by atoms with E-state index in [0.717, 1.165) is 24.2 Å². The second-order valence-corrected chi connectivity index (χ2v) is 5.30. The van der Waals surface area contributed by atoms with Gasteiger partial charge in [0.1, 0.15) is 5.75 Å². The third kappa shape index (κ3) is 3.16. The van der Waals surface area contributed by atoms with Gasteiger partial charge >= 0.3 is 5.97 Å². The van der Waals surface area contributed by atoms with Crippen LogP contribution in [-0.4, -0.2) is 17.2 Å². The monoisotopic (exact) mass is 268 g/mol. The minimum absolute atomic E-state index is 0.282. The third-order valence-electron chi connectivity index (χ3n) is 3.32. The lowest BCUT2D eigenvalue weighted by Gasteiger charge is -2.27. The fourth-order valence-corrected chi connectivity index (χ4v) is 2.10. The Bertz CT molecular complexity index is 441. The Hall–Kier alpha value is -1.22. The van der Waals surface area contributed by atoms with Crippen LogP contribution in [0.4, 0.5) is 0 Å². The minimum Gasteiger partial charge on any atom is -0.490 e. The van der Waals surface area contributed by atoms with Crippen LogP contribution in [0.25, 0.3) is 0 Å². The van der Waals surface area contributed by atoms with Crippen LogP contribution in [-0.2, 0) is 11.2 Å². The molecule has 1 atom stereocenters. The number of halogens is 1. The van der Waals surface area contributed by atoms with Crippen LogP contribution in [0, 0.1) is 5.92 Å². The van der Waals surface area contributed by atoms with E-state index in [0.29, 0.717) is 11.4 Å². The number of carbonyl (C=O) groups is 1. The zero-order valence-corrected chi connectivity index (χ0v) is 11.1. The normalized spacial score (nSPS) is 17.0. The second kappa shape index (κ2) is 5.61. The van der Waals surface area contributed by atoms with E-state index in [1.165, 1.54) is 6.42 Å². The van der Waals surface area contributed by atoms with Crippen molar-refractivity contribution in [3.63, 3.8) is 0 Å². The summed E-state index contributed by atoms with van der Waals surface area (Å²) in [5, 5.41) is 9.58. The molecule has 0 bridgehead atoms. The van der Waals surface area contributed by atoms with Gasteiger partial charge in [-0.05, 0) is 49.4 Å². The van der Waals surface area contributed by atoms with E-state index in [-0.39, 0.29) is 6.10 Å². The van der Waals surface area contributed by atoms with E-state index in [9.17, 15) is 4.79 Å². The van der Waals surface area contributed by atoms with Gasteiger partial charge in [0, 0.05) is 5.02 Å². The number of carboxylic acids is 1. The summed E-state index contributed by atoms with van der Waals surface area (Å²) in [6.45, 7) is 1.69. The smallest absolute Gasteiger partial charge is 0.306 e. The highest BCUT2D eigenvalue weighted by atomic mass is 35.5. The molecule has 98 valence electrons. The van der Waals surface area contributed by atoms with Crippen molar-refractivity contribution in [2.45, 2.75) is 38.7 Å². The van der Waals surface area contributed by atoms with Crippen molar-refractivity contribution < 1.29 is 14.6 Å². The van der Waals surface area contributed by atoms with E-state index in [4.69, 9.17) is 21.4 Å². The molecule has 1 saturated carbocycles. The molecule has 0 spiro atoms. The predicted molar refractivity (Wildman–Crippen MR) is 70.2 cm³/mol. The van der Waals surface area contributed by atoms with Gasteiger partial charge in [-0.2, -0.15) is 0 Å². The van der Waals surface area contributed by atoms with Crippen LogP contribution >= 0.6 is 11.6 Å². The van der Waals surface area contributed by atoms with E-state index in [1.807, 2.05) is 6.07 Å². The summed E-state index contributed by atoms with van der Waals surface area (Å²) >= 11 is 5.96. The van der Waals surface area contributed by atoms with E-state index in [2.05, 4.69) is 0 Å². The quantitative estimate of drug-likeness (QED) is 0.889. The molecular formula is C14H17ClO3. The van der Waals surface area contributed by atoms with Gasteiger partial charge in [0.05, 0.1) is 12.0 Å². The zero-order chi connectivity index (χ0) is 13.1. The first-order valence-electron chi connectivity index (χ1n) is 6.24. The lowest BCUT2D eigenvalue weighted by molar-refractivity contribution is -0.141. The zero-order valence-electron chi connectivity index (χ0n) is 10.4. The third-order valence-corrected chi connectivity index (χ3v) is 3.55. The first kappa shape index (κ1) is 13.2. The Morgan fingerprint density at radius 2 is 2.28 bits per heavy atom. The lowest BCUT2D eigenvalue weighted by atomic mass is 9.95. The van der Waals surface area contributed by atoms with E-state index < -0.39 is 11.9 Å². The molecule has 3 nitrogen and oxygen atoms in total. The molecule has 1 N–H and O–H groups in total. The van der Waals surface area contributed by atoms with Crippen LogP contribution in [0.2, 0.25) is 5.02 Å². The maximum Gasteiger partial charge on any atom is 0.306 e. The minimum atomic E-state index is -0.801. The number of carboxylic acid groups (broad SMARTS) is 1. The Morgan fingerprint density at radius 3 is 2.83 bits per heavy atom. The Balaban J connectivity index is 2.14. The molecule has 1 fully saturated rings. The fourth-order valence-electron chi connectivity index (χ4n) is 1.91. The van der Waals surface area contributed by atoms with Gasteiger partial charge in [-0.1, -0.05) is 18.5 Å². The van der Waals surface area contributed by atoms with Crippen LogP contribution in [0.5, 0.6) is 5.75 Å². The van der Waals surface area contributed by atoms with Crippen molar-refractivity contribution in [2.24, 2.45) is 5.92 Å². The predicted octanol–water partition coefficient (Wildman–Crippen LogP) is 3.53. The maximum atomic E-state index is 10.9. The number of ether oxygens (including phenoxy) is 1. The molecular weight excluding hydrogens is 252 g/mol. The lowest BCUT2D eigenvalue weighted by Crippen LogP contribution is -2.25. The Kier molecular flexibility index (Phi) is 4.12. The molecule has 0 aliphatic heterocycles. The summed E-state index contributed by atoms with van der Waals surface area (Å²) in [6, 6.07) is 5.42. The summed E-state index contributed by atoms with van der Waals surface area (Å²) in [6.07, 6.45) is 4.09. The van der Waals surface area contributed by atoms with Crippen molar-refractivity contribution in [3.05, 3.63) is 28.8 Å². The van der Waals surface area contributed by atoms with Crippen LogP contribution in [0.15, 0.2) is 18.2 Å². The highest BCUT2D eigenvalue weighted by Crippen LogP contribution is 2.30. The second-order valence-electron chi connectivity index (χ2n) is 4.87. The maximum absolute atomic E-state index is 10.9. The molecule has 0 heterocycles. The largest absolute Gasteiger partial charge is 0.490 e. The van der Waals surface area contributed by atoms with Gasteiger partial charge < -0.3 is 9.84 Å². The molecule has 0 radical (unpaired) electrons. The van der Waals surface area contributed by atoms with Crippen molar-refractivity contribution >= 4 is 17.6 Å². The first-order valence-corrected chi connectivity index (χ1v) is 6.62. The summed E-state index contributed by atoms with van der Waals surface area (Å²) in [4.78, 5) is 10.9. The van der Waals surface area contributed by atoms with Crippen molar-refractivity contribution in [2.75, 3.05) is 0 Å². The van der Waals surface area contributed by atoms with Gasteiger partial charge in [0.25, 0.3) is 0 Å². The highest BCUT2D eigenvalue weighted by Gasteiger charge is 2.21. The molecule has 0 saturated heterocycles. The van der Waals surface area contributed by atoms with Crippen LogP contribution < -0.4 is 4.74 Å². The van der Waals surface area contributed by atoms with Gasteiger partial charge in [-0.15, -0.1) is 0 Å². The average molecular weight is 269 g/mol. The van der Waals surface area contributed by atoms with E-state index in [1.54, 1.807) is 19.1 Å². The molecule has 4 heteroatoms. The average Bonchev–Trinajstić information content (AvgIpc) is 2.25. The Labute approximate surface area is 112 Å². The molecule has 1 aromatic rings. The summed E-state index contributed by atoms with van der Waals surface area (Å²) < 4.78 is 5.87. The molecule has 1 aromatic carbocycles. The fraction of sp³-hybridized carbons (Fsp3) is 0.500. The van der Waals surface area contributed by atoms with Gasteiger partial charge in [0.15, 0.2) is 0 Å². The molecule has 2 rings (SSSR count). The molecule has 18 heavy (non-hydrogen) atoms. The number of benzene rings is 1. The summed E-state index contributed by atoms with van der Waals surface area (Å²) in [7, 11) is 0. The van der Waals surface area contributed by atoms with Crippen LogP contribution in [0.3, 0.4) is 0 Å². The topological polar surface area (TPSA) is 46.5 Å². The van der Waals surface area contributed by atoms with Gasteiger partial charge in [-0.3, -0.25) is 4.79 Å². The molecule has 0 aromatic heterocycles. The molecule has 1 unspecified atom stereocenters. The number of aliphatic carboxylic acids is 1. The summed E-state index contributed by atoms with van der Waals surface area (Å²) in [5.74, 6) is -0.464. The van der Waals surface area contributed by atoms with Crippen molar-refractivity contribution in [1.82, 2.24) is 0 Å². The standard InChI is InChI=1S/C14H17ClO3/c1-9(14(16)17)7-10-8-11(15)5-6-13(10)18-12-3-2-4-12/h5-6,8-9,12H,2-4,7H2,1H3,(H,16,17). The number of rotatable bonds is 5. The summed E-state index contributed by atoms with van der Waals surface area (Å²) in [5.41, 5.74) is 0.879. The van der Waals surface area contributed by atoms with Crippen molar-refractivity contribution in [3.8, 4) is 5.75 Å². The van der Waals surface area contributed by atoms with Gasteiger partial charge in [0.2, 0.25) is 0 Å². The van der Waals surface area contributed by atoms with Crippen molar-refractivity contribution in [1.29, 1.82) is 0 Å². The highest BCUT2D eigenvalue weighted by molar-refractivity contribution is 6.30. The Morgan fingerprint density at radius 1 is 1.56 bits per heavy atom. The number of hydrogen-bond donors (Lipinski definition) is 1. The number of hydrogen-bond acceptors (Lipinski definition) is 2. The molecule has 1 aliphatic carbocycles. The van der Waals surface area contributed by atoms with Crippen LogP contribution in [0.1, 0.15) is 31.7 Å². The molecule has 0 amide bonds. The first-order chi connectivity index (χ1) is 8.56.